The predicted octanol–water partition coefficient (Wildman–Crippen LogP) is -3.14. The molecule has 0 aliphatic carbocycles. The average Bonchev–Trinajstić information content (AvgIpc) is 2.27. The van der Waals surface area contributed by atoms with E-state index in [-0.39, 0.29) is 0 Å². The van der Waals surface area contributed by atoms with Crippen LogP contribution in [-0.4, -0.2) is 85.1 Å². The second-order valence-electron chi connectivity index (χ2n) is 5.13. The Kier molecular flexibility index (Phi) is 12.4. The molecule has 0 saturated carbocycles. The summed E-state index contributed by atoms with van der Waals surface area (Å²) in [6.07, 6.45) is 0. The third-order valence-electron chi connectivity index (χ3n) is 2.61. The SMILES string of the molecule is O=P(O)(O)C(N(C(P(=O)(O)O)P(=O)(O)O)C(P(=O)(O)O)P(=O)(O)O)P(=O)(O)O.O=[PH2]O. The van der Waals surface area contributed by atoms with Crippen molar-refractivity contribution < 1.29 is 95.6 Å². The molecule has 28 heteroatoms. The molecule has 21 nitrogen and oxygen atoms in total. The van der Waals surface area contributed by atoms with Gasteiger partial charge in [0.2, 0.25) is 16.6 Å². The Morgan fingerprint density at radius 3 is 0.613 bits per heavy atom. The monoisotopic (exact) mass is 605 g/mol. The van der Waals surface area contributed by atoms with Gasteiger partial charge in [0, 0.05) is 0 Å². The van der Waals surface area contributed by atoms with Gasteiger partial charge >= 0.3 is 45.6 Å². The highest BCUT2D eigenvalue weighted by Gasteiger charge is 2.66. The molecule has 0 fully saturated rings. The van der Waals surface area contributed by atoms with Crippen molar-refractivity contribution in [2.24, 2.45) is 0 Å². The van der Waals surface area contributed by atoms with Gasteiger partial charge in [-0.15, -0.1) is 0 Å². The molecule has 190 valence electrons. The standard InChI is InChI=1S/C3H15NO18P6.H3O2P/c5-23(6,7)1(24(8,9)10)4(2(25(11,12)13)26(14,15)16)3(27(17,18)19)28(20,21)22;1-3-2/h1-3H,(H2,5,6,7)(H2,8,9,10)(H2,11,12,13)(H2,14,15,16)(H2,17,18,19)(H2,20,21,22);3H2,(H,1,2). The zero-order valence-electron chi connectivity index (χ0n) is 14.1. The highest BCUT2D eigenvalue weighted by molar-refractivity contribution is 7.74. The van der Waals surface area contributed by atoms with Crippen LogP contribution in [0.5, 0.6) is 0 Å². The maximum absolute atomic E-state index is 11.5. The predicted molar refractivity (Wildman–Crippen MR) is 98.1 cm³/mol. The van der Waals surface area contributed by atoms with Gasteiger partial charge in [0.15, 0.2) is 8.69 Å². The summed E-state index contributed by atoms with van der Waals surface area (Å²) >= 11 is 0. The minimum absolute atomic E-state index is 1.50. The average molecular weight is 605 g/mol. The van der Waals surface area contributed by atoms with Crippen molar-refractivity contribution in [3.8, 4) is 0 Å². The van der Waals surface area contributed by atoms with Gasteiger partial charge in [-0.3, -0.25) is 32.0 Å². The Hall–Kier alpha value is 1.05. The Balaban J connectivity index is 0. The molecule has 0 rings (SSSR count). The van der Waals surface area contributed by atoms with Crippen LogP contribution in [0.1, 0.15) is 0 Å². The van der Waals surface area contributed by atoms with Gasteiger partial charge in [0.25, 0.3) is 0 Å². The molecule has 0 aliphatic rings. The first-order valence-electron chi connectivity index (χ1n) is 6.31. The van der Waals surface area contributed by atoms with Gasteiger partial charge in [-0.2, -0.15) is 0 Å². The van der Waals surface area contributed by atoms with E-state index in [1.807, 2.05) is 0 Å². The van der Waals surface area contributed by atoms with E-state index in [0.29, 0.717) is 0 Å². The van der Waals surface area contributed by atoms with Crippen molar-refractivity contribution in [1.82, 2.24) is 4.90 Å². The van der Waals surface area contributed by atoms with Crippen molar-refractivity contribution >= 4 is 54.3 Å². The zero-order valence-corrected chi connectivity index (χ0v) is 20.6. The second-order valence-corrected chi connectivity index (χ2v) is 16.6. The van der Waals surface area contributed by atoms with Crippen LogP contribution in [0.3, 0.4) is 0 Å². The van der Waals surface area contributed by atoms with E-state index in [4.69, 9.17) is 68.2 Å². The van der Waals surface area contributed by atoms with Gasteiger partial charge in [-0.05, 0) is 0 Å². The molecule has 1 atom stereocenters. The maximum atomic E-state index is 11.5. The Morgan fingerprint density at radius 1 is 0.452 bits per heavy atom. The van der Waals surface area contributed by atoms with Crippen molar-refractivity contribution in [2.45, 2.75) is 16.6 Å². The number of hydrogen-bond donors (Lipinski definition) is 13. The van der Waals surface area contributed by atoms with Gasteiger partial charge in [-0.1, -0.05) is 0 Å². The fourth-order valence-corrected chi connectivity index (χ4v) is 11.6. The zero-order chi connectivity index (χ0) is 26.0. The van der Waals surface area contributed by atoms with Crippen LogP contribution in [0, 0.1) is 0 Å². The Bertz CT molecular complexity index is 723. The lowest BCUT2D eigenvalue weighted by molar-refractivity contribution is 0.184. The normalized spacial score (nSPS) is 15.3. The summed E-state index contributed by atoms with van der Waals surface area (Å²) in [6.45, 7) is 0. The number of hydrogen-bond acceptors (Lipinski definition) is 8. The lowest BCUT2D eigenvalue weighted by Crippen LogP contribution is -2.48. The molecule has 1 unspecified atom stereocenters. The lowest BCUT2D eigenvalue weighted by atomic mass is 10.9. The van der Waals surface area contributed by atoms with E-state index in [2.05, 4.69) is 0 Å². The summed E-state index contributed by atoms with van der Waals surface area (Å²) in [5.41, 5.74) is -12.5. The molecular formula is C3H18NO20P7. The molecule has 0 saturated heterocycles. The molecular weight excluding hydrogens is 587 g/mol. The van der Waals surface area contributed by atoms with E-state index in [9.17, 15) is 27.4 Å². The quantitative estimate of drug-likeness (QED) is 0.115. The summed E-state index contributed by atoms with van der Waals surface area (Å²) in [4.78, 5) is 115. The molecule has 0 radical (unpaired) electrons. The fraction of sp³-hybridized carbons (Fsp3) is 1.00. The van der Waals surface area contributed by atoms with Crippen molar-refractivity contribution in [3.05, 3.63) is 0 Å². The Labute approximate surface area is 172 Å². The summed E-state index contributed by atoms with van der Waals surface area (Å²) in [5.74, 6) is 0. The van der Waals surface area contributed by atoms with Crippen LogP contribution >= 0.6 is 54.3 Å². The molecule has 13 N–H and O–H groups in total. The largest absolute Gasteiger partial charge is 0.355 e. The minimum atomic E-state index is -6.55. The van der Waals surface area contributed by atoms with Crippen molar-refractivity contribution in [2.75, 3.05) is 0 Å². The topological polar surface area (TPSA) is 386 Å². The molecule has 0 bridgehead atoms. The molecule has 0 amide bonds. The summed E-state index contributed by atoms with van der Waals surface area (Å²) in [7, 11) is -40.8. The van der Waals surface area contributed by atoms with Gasteiger partial charge in [0.05, 0.1) is 0 Å². The minimum Gasteiger partial charge on any atom is -0.348 e. The van der Waals surface area contributed by atoms with Gasteiger partial charge in [-0.25, -0.2) is 4.90 Å². The first kappa shape index (κ1) is 34.2. The van der Waals surface area contributed by atoms with Crippen molar-refractivity contribution in [1.29, 1.82) is 0 Å². The van der Waals surface area contributed by atoms with Crippen LogP contribution in [0.2, 0.25) is 0 Å². The van der Waals surface area contributed by atoms with E-state index >= 15 is 0 Å². The van der Waals surface area contributed by atoms with Crippen LogP contribution in [0.4, 0.5) is 0 Å². The van der Waals surface area contributed by atoms with E-state index in [0.717, 1.165) is 0 Å². The summed E-state index contributed by atoms with van der Waals surface area (Å²) in [6, 6.07) is 0. The van der Waals surface area contributed by atoms with Gasteiger partial charge in [0.1, 0.15) is 0 Å². The molecule has 31 heavy (non-hydrogen) atoms. The first-order valence-corrected chi connectivity index (χ1v) is 17.4. The highest BCUT2D eigenvalue weighted by atomic mass is 31.3. The lowest BCUT2D eigenvalue weighted by Gasteiger charge is -2.41. The van der Waals surface area contributed by atoms with Crippen molar-refractivity contribution in [3.63, 3.8) is 0 Å². The summed E-state index contributed by atoms with van der Waals surface area (Å²) < 4.78 is 77.5. The third kappa shape index (κ3) is 10.9. The van der Waals surface area contributed by atoms with Gasteiger partial charge < -0.3 is 63.6 Å². The highest BCUT2D eigenvalue weighted by Crippen LogP contribution is 2.74. The molecule has 0 aromatic heterocycles. The van der Waals surface area contributed by atoms with Crippen LogP contribution in [-0.2, 0) is 32.0 Å². The Morgan fingerprint density at radius 2 is 0.548 bits per heavy atom. The number of nitrogens with zero attached hydrogens (tertiary/aromatic N) is 1. The maximum Gasteiger partial charge on any atom is 0.355 e. The molecule has 0 spiro atoms. The van der Waals surface area contributed by atoms with Crippen LogP contribution in [0.25, 0.3) is 0 Å². The van der Waals surface area contributed by atoms with E-state index in [1.165, 1.54) is 0 Å². The van der Waals surface area contributed by atoms with Crippen LogP contribution < -0.4 is 0 Å². The second kappa shape index (κ2) is 11.2. The fourth-order valence-electron chi connectivity index (χ4n) is 1.99. The molecule has 0 aliphatic heterocycles. The molecule has 0 aromatic rings. The number of rotatable bonds is 9. The van der Waals surface area contributed by atoms with E-state index < -0.39 is 75.7 Å². The van der Waals surface area contributed by atoms with E-state index in [1.54, 1.807) is 0 Å². The molecule has 0 heterocycles. The van der Waals surface area contributed by atoms with Crippen LogP contribution in [0.15, 0.2) is 0 Å². The summed E-state index contributed by atoms with van der Waals surface area (Å²) in [5, 5.41) is 0. The third-order valence-corrected chi connectivity index (χ3v) is 13.2. The molecule has 0 aromatic carbocycles. The first-order chi connectivity index (χ1) is 13.1. The smallest absolute Gasteiger partial charge is 0.348 e.